The van der Waals surface area contributed by atoms with E-state index in [4.69, 9.17) is 0 Å². The van der Waals surface area contributed by atoms with Crippen LogP contribution in [0.15, 0.2) is 18.2 Å². The highest BCUT2D eigenvalue weighted by molar-refractivity contribution is 5.97. The van der Waals surface area contributed by atoms with Gasteiger partial charge in [-0.2, -0.15) is 0 Å². The average Bonchev–Trinajstić information content (AvgIpc) is 3.26. The fourth-order valence-corrected chi connectivity index (χ4v) is 2.79. The predicted molar refractivity (Wildman–Crippen MR) is 77.9 cm³/mol. The minimum absolute atomic E-state index is 0.0442. The number of nitrogens with zero attached hydrogens (tertiary/aromatic N) is 2. The normalized spacial score (nSPS) is 20.1. The SMILES string of the molecule is Cc1ccc(O)c(C(=O)N2CCN(CC3CC3)CC2)c1. The van der Waals surface area contributed by atoms with Gasteiger partial charge in [-0.25, -0.2) is 0 Å². The number of carbonyl (C=O) groups excluding carboxylic acids is 1. The van der Waals surface area contributed by atoms with Crippen LogP contribution in [0.25, 0.3) is 0 Å². The van der Waals surface area contributed by atoms with Gasteiger partial charge in [-0.3, -0.25) is 9.69 Å². The largest absolute Gasteiger partial charge is 0.507 e. The van der Waals surface area contributed by atoms with Gasteiger partial charge in [0.2, 0.25) is 0 Å². The van der Waals surface area contributed by atoms with E-state index in [2.05, 4.69) is 4.90 Å². The molecule has 0 unspecified atom stereocenters. The summed E-state index contributed by atoms with van der Waals surface area (Å²) in [6, 6.07) is 5.19. The maximum atomic E-state index is 12.5. The van der Waals surface area contributed by atoms with Crippen LogP contribution >= 0.6 is 0 Å². The van der Waals surface area contributed by atoms with Gasteiger partial charge in [-0.1, -0.05) is 11.6 Å². The van der Waals surface area contributed by atoms with Crippen molar-refractivity contribution in [1.29, 1.82) is 0 Å². The van der Waals surface area contributed by atoms with E-state index >= 15 is 0 Å². The van der Waals surface area contributed by atoms with Gasteiger partial charge in [0.15, 0.2) is 0 Å². The number of phenolic OH excluding ortho intramolecular Hbond substituents is 1. The first-order chi connectivity index (χ1) is 9.63. The molecule has 1 saturated carbocycles. The molecule has 1 heterocycles. The molecule has 1 aromatic carbocycles. The number of hydrogen-bond acceptors (Lipinski definition) is 3. The Kier molecular flexibility index (Phi) is 3.66. The Morgan fingerprint density at radius 1 is 1.25 bits per heavy atom. The lowest BCUT2D eigenvalue weighted by atomic mass is 10.1. The van der Waals surface area contributed by atoms with Crippen LogP contribution in [-0.2, 0) is 0 Å². The molecule has 0 spiro atoms. The summed E-state index contributed by atoms with van der Waals surface area (Å²) in [5.74, 6) is 0.941. The molecule has 2 aliphatic rings. The second-order valence-corrected chi connectivity index (χ2v) is 6.06. The molecule has 0 aromatic heterocycles. The molecule has 3 rings (SSSR count). The summed E-state index contributed by atoms with van der Waals surface area (Å²) in [5.41, 5.74) is 1.43. The van der Waals surface area contributed by atoms with E-state index in [0.717, 1.165) is 37.7 Å². The third-order valence-corrected chi connectivity index (χ3v) is 4.26. The van der Waals surface area contributed by atoms with E-state index in [1.165, 1.54) is 19.4 Å². The Labute approximate surface area is 120 Å². The monoisotopic (exact) mass is 274 g/mol. The van der Waals surface area contributed by atoms with Crippen molar-refractivity contribution < 1.29 is 9.90 Å². The van der Waals surface area contributed by atoms with E-state index < -0.39 is 0 Å². The van der Waals surface area contributed by atoms with Crippen LogP contribution in [0.4, 0.5) is 0 Å². The Hall–Kier alpha value is -1.55. The zero-order valence-corrected chi connectivity index (χ0v) is 12.0. The third-order valence-electron chi connectivity index (χ3n) is 4.26. The topological polar surface area (TPSA) is 43.8 Å². The molecule has 1 amide bonds. The van der Waals surface area contributed by atoms with Crippen molar-refractivity contribution in [3.63, 3.8) is 0 Å². The summed E-state index contributed by atoms with van der Waals surface area (Å²) >= 11 is 0. The van der Waals surface area contributed by atoms with Gasteiger partial charge in [-0.05, 0) is 37.8 Å². The Morgan fingerprint density at radius 2 is 1.95 bits per heavy atom. The van der Waals surface area contributed by atoms with Gasteiger partial charge in [0.25, 0.3) is 5.91 Å². The van der Waals surface area contributed by atoms with E-state index in [1.54, 1.807) is 12.1 Å². The second kappa shape index (κ2) is 5.44. The highest BCUT2D eigenvalue weighted by Gasteiger charge is 2.28. The number of piperazine rings is 1. The highest BCUT2D eigenvalue weighted by atomic mass is 16.3. The average molecular weight is 274 g/mol. The summed E-state index contributed by atoms with van der Waals surface area (Å²) in [5, 5.41) is 9.86. The highest BCUT2D eigenvalue weighted by Crippen LogP contribution is 2.30. The lowest BCUT2D eigenvalue weighted by Gasteiger charge is -2.35. The lowest BCUT2D eigenvalue weighted by molar-refractivity contribution is 0.0629. The number of phenols is 1. The Morgan fingerprint density at radius 3 is 2.60 bits per heavy atom. The quantitative estimate of drug-likeness (QED) is 0.915. The van der Waals surface area contributed by atoms with E-state index in [-0.39, 0.29) is 11.7 Å². The van der Waals surface area contributed by atoms with E-state index in [0.29, 0.717) is 5.56 Å². The van der Waals surface area contributed by atoms with Crippen molar-refractivity contribution in [3.8, 4) is 5.75 Å². The number of amides is 1. The second-order valence-electron chi connectivity index (χ2n) is 6.06. The van der Waals surface area contributed by atoms with Crippen molar-refractivity contribution in [2.24, 2.45) is 5.92 Å². The molecular weight excluding hydrogens is 252 g/mol. The lowest BCUT2D eigenvalue weighted by Crippen LogP contribution is -2.49. The summed E-state index contributed by atoms with van der Waals surface area (Å²) in [6.45, 7) is 6.56. The van der Waals surface area contributed by atoms with Gasteiger partial charge >= 0.3 is 0 Å². The fourth-order valence-electron chi connectivity index (χ4n) is 2.79. The van der Waals surface area contributed by atoms with Crippen LogP contribution < -0.4 is 0 Å². The van der Waals surface area contributed by atoms with Gasteiger partial charge in [0.1, 0.15) is 5.75 Å². The van der Waals surface area contributed by atoms with Crippen LogP contribution in [-0.4, -0.2) is 53.5 Å². The number of benzene rings is 1. The molecule has 20 heavy (non-hydrogen) atoms. The molecule has 0 radical (unpaired) electrons. The van der Waals surface area contributed by atoms with Gasteiger partial charge < -0.3 is 10.0 Å². The first kappa shape index (κ1) is 13.4. The Balaban J connectivity index is 1.61. The molecule has 4 heteroatoms. The summed E-state index contributed by atoms with van der Waals surface area (Å²) in [6.07, 6.45) is 2.74. The number of aryl methyl sites for hydroxylation is 1. The molecule has 1 N–H and O–H groups in total. The van der Waals surface area contributed by atoms with E-state index in [1.807, 2.05) is 17.9 Å². The molecule has 1 aromatic rings. The predicted octanol–water partition coefficient (Wildman–Crippen LogP) is 1.87. The first-order valence-electron chi connectivity index (χ1n) is 7.45. The van der Waals surface area contributed by atoms with Crippen LogP contribution in [0.5, 0.6) is 5.75 Å². The molecule has 2 fully saturated rings. The van der Waals surface area contributed by atoms with E-state index in [9.17, 15) is 9.90 Å². The maximum absolute atomic E-state index is 12.5. The molecule has 1 aliphatic heterocycles. The molecule has 4 nitrogen and oxygen atoms in total. The Bertz CT molecular complexity index is 503. The minimum Gasteiger partial charge on any atom is -0.507 e. The van der Waals surface area contributed by atoms with Crippen LogP contribution in [0.1, 0.15) is 28.8 Å². The molecule has 1 aliphatic carbocycles. The number of aromatic hydroxyl groups is 1. The van der Waals surface area contributed by atoms with Crippen LogP contribution in [0.2, 0.25) is 0 Å². The molecule has 0 atom stereocenters. The zero-order valence-electron chi connectivity index (χ0n) is 12.0. The third kappa shape index (κ3) is 2.96. The number of carbonyl (C=O) groups is 1. The minimum atomic E-state index is -0.0442. The zero-order chi connectivity index (χ0) is 14.1. The molecule has 108 valence electrons. The van der Waals surface area contributed by atoms with Crippen molar-refractivity contribution >= 4 is 5.91 Å². The van der Waals surface area contributed by atoms with Gasteiger partial charge in [-0.15, -0.1) is 0 Å². The maximum Gasteiger partial charge on any atom is 0.257 e. The van der Waals surface area contributed by atoms with Crippen molar-refractivity contribution in [2.75, 3.05) is 32.7 Å². The standard InChI is InChI=1S/C16H22N2O2/c1-12-2-5-15(19)14(10-12)16(20)18-8-6-17(7-9-18)11-13-3-4-13/h2,5,10,13,19H,3-4,6-9,11H2,1H3. The molecule has 0 bridgehead atoms. The smallest absolute Gasteiger partial charge is 0.257 e. The first-order valence-corrected chi connectivity index (χ1v) is 7.45. The van der Waals surface area contributed by atoms with Gasteiger partial charge in [0.05, 0.1) is 5.56 Å². The van der Waals surface area contributed by atoms with Crippen molar-refractivity contribution in [2.45, 2.75) is 19.8 Å². The van der Waals surface area contributed by atoms with Crippen LogP contribution in [0, 0.1) is 12.8 Å². The molecule has 1 saturated heterocycles. The van der Waals surface area contributed by atoms with Gasteiger partial charge in [0, 0.05) is 32.7 Å². The number of rotatable bonds is 3. The summed E-state index contributed by atoms with van der Waals surface area (Å²) < 4.78 is 0. The summed E-state index contributed by atoms with van der Waals surface area (Å²) in [7, 11) is 0. The van der Waals surface area contributed by atoms with Crippen molar-refractivity contribution in [3.05, 3.63) is 29.3 Å². The fraction of sp³-hybridized carbons (Fsp3) is 0.562. The summed E-state index contributed by atoms with van der Waals surface area (Å²) in [4.78, 5) is 16.8. The molecular formula is C16H22N2O2. The van der Waals surface area contributed by atoms with Crippen molar-refractivity contribution in [1.82, 2.24) is 9.80 Å². The number of hydrogen-bond donors (Lipinski definition) is 1. The van der Waals surface area contributed by atoms with Crippen LogP contribution in [0.3, 0.4) is 0 Å².